The van der Waals surface area contributed by atoms with Gasteiger partial charge in [0.05, 0.1) is 7.11 Å². The second kappa shape index (κ2) is 6.48. The second-order valence-corrected chi connectivity index (χ2v) is 6.25. The second-order valence-electron chi connectivity index (χ2n) is 4.22. The van der Waals surface area contributed by atoms with Gasteiger partial charge in [-0.15, -0.1) is 0 Å². The van der Waals surface area contributed by atoms with Crippen molar-refractivity contribution in [2.45, 2.75) is 18.2 Å². The van der Waals surface area contributed by atoms with Crippen LogP contribution in [-0.2, 0) is 6.42 Å². The van der Waals surface area contributed by atoms with Gasteiger partial charge >= 0.3 is 0 Å². The number of methoxy groups -OCH3 is 1. The predicted molar refractivity (Wildman–Crippen MR) is 82.8 cm³/mol. The average molecular weight is 386 g/mol. The van der Waals surface area contributed by atoms with Crippen LogP contribution in [0, 0.1) is 6.92 Å². The van der Waals surface area contributed by atoms with E-state index in [4.69, 9.17) is 4.74 Å². The predicted octanol–water partition coefficient (Wildman–Crippen LogP) is 4.23. The van der Waals surface area contributed by atoms with E-state index in [-0.39, 0.29) is 4.83 Å². The summed E-state index contributed by atoms with van der Waals surface area (Å²) >= 11 is 7.21. The van der Waals surface area contributed by atoms with Gasteiger partial charge in [0.2, 0.25) is 5.88 Å². The molecule has 0 aliphatic heterocycles. The maximum atomic E-state index is 5.11. The third-order valence-electron chi connectivity index (χ3n) is 2.87. The minimum atomic E-state index is 0.222. The van der Waals surface area contributed by atoms with E-state index in [1.165, 1.54) is 17.5 Å². The van der Waals surface area contributed by atoms with E-state index in [1.54, 1.807) is 7.11 Å². The number of nitrogens with zero attached hydrogens (tertiary/aromatic N) is 2. The van der Waals surface area contributed by atoms with Gasteiger partial charge < -0.3 is 4.74 Å². The fourth-order valence-corrected chi connectivity index (χ4v) is 3.21. The quantitative estimate of drug-likeness (QED) is 0.738. The Morgan fingerprint density at radius 1 is 1.26 bits per heavy atom. The summed E-state index contributed by atoms with van der Waals surface area (Å²) in [7, 11) is 1.61. The summed E-state index contributed by atoms with van der Waals surface area (Å²) in [5, 5.41) is 0. The van der Waals surface area contributed by atoms with Gasteiger partial charge in [0.25, 0.3) is 0 Å². The van der Waals surface area contributed by atoms with E-state index in [0.717, 1.165) is 16.6 Å². The van der Waals surface area contributed by atoms with Gasteiger partial charge in [-0.1, -0.05) is 37.9 Å². The highest BCUT2D eigenvalue weighted by Gasteiger charge is 2.12. The first kappa shape index (κ1) is 14.5. The Bertz CT molecular complexity index is 575. The topological polar surface area (TPSA) is 35.0 Å². The van der Waals surface area contributed by atoms with E-state index in [9.17, 15) is 0 Å². The third-order valence-corrected chi connectivity index (χ3v) is 4.18. The third kappa shape index (κ3) is 3.76. The highest BCUT2D eigenvalue weighted by molar-refractivity contribution is 9.10. The first-order chi connectivity index (χ1) is 9.10. The minimum absolute atomic E-state index is 0.222. The van der Waals surface area contributed by atoms with Crippen LogP contribution < -0.4 is 4.74 Å². The zero-order valence-corrected chi connectivity index (χ0v) is 13.9. The Hall–Kier alpha value is -0.940. The minimum Gasteiger partial charge on any atom is -0.481 e. The van der Waals surface area contributed by atoms with Gasteiger partial charge in [0, 0.05) is 27.5 Å². The zero-order chi connectivity index (χ0) is 13.8. The van der Waals surface area contributed by atoms with Gasteiger partial charge in [0.1, 0.15) is 6.33 Å². The molecule has 1 atom stereocenters. The van der Waals surface area contributed by atoms with Crippen LogP contribution >= 0.6 is 31.9 Å². The molecular weight excluding hydrogens is 372 g/mol. The summed E-state index contributed by atoms with van der Waals surface area (Å²) < 4.78 is 6.20. The fourth-order valence-electron chi connectivity index (χ4n) is 1.88. The zero-order valence-electron chi connectivity index (χ0n) is 10.7. The molecule has 0 aliphatic carbocycles. The van der Waals surface area contributed by atoms with Crippen LogP contribution in [-0.4, -0.2) is 17.1 Å². The molecule has 2 aromatic rings. The number of ether oxygens (including phenoxy) is 1. The summed E-state index contributed by atoms with van der Waals surface area (Å²) in [6.45, 7) is 2.11. The molecule has 2 rings (SSSR count). The molecule has 19 heavy (non-hydrogen) atoms. The van der Waals surface area contributed by atoms with Crippen molar-refractivity contribution in [3.05, 3.63) is 51.9 Å². The molecule has 5 heteroatoms. The summed E-state index contributed by atoms with van der Waals surface area (Å²) in [4.78, 5) is 8.50. The molecule has 1 aromatic carbocycles. The molecule has 1 heterocycles. The van der Waals surface area contributed by atoms with E-state index in [2.05, 4.69) is 67.0 Å². The lowest BCUT2D eigenvalue weighted by molar-refractivity contribution is 0.396. The van der Waals surface area contributed by atoms with Crippen molar-refractivity contribution in [3.8, 4) is 5.88 Å². The largest absolute Gasteiger partial charge is 0.481 e. The maximum absolute atomic E-state index is 5.11. The van der Waals surface area contributed by atoms with Crippen LogP contribution in [0.5, 0.6) is 5.88 Å². The fraction of sp³-hybridized carbons (Fsp3) is 0.286. The molecule has 0 fully saturated rings. The lowest BCUT2D eigenvalue weighted by Gasteiger charge is -2.13. The van der Waals surface area contributed by atoms with Gasteiger partial charge in [-0.05, 0) is 30.2 Å². The molecular formula is C14H14Br2N2O. The van der Waals surface area contributed by atoms with E-state index < -0.39 is 0 Å². The molecule has 0 saturated carbocycles. The van der Waals surface area contributed by atoms with Crippen LogP contribution in [0.2, 0.25) is 0 Å². The molecule has 1 aromatic heterocycles. The van der Waals surface area contributed by atoms with Crippen molar-refractivity contribution < 1.29 is 4.74 Å². The van der Waals surface area contributed by atoms with Crippen LogP contribution in [0.4, 0.5) is 0 Å². The average Bonchev–Trinajstić information content (AvgIpc) is 2.38. The molecule has 0 spiro atoms. The number of alkyl halides is 1. The number of aromatic nitrogens is 2. The highest BCUT2D eigenvalue weighted by Crippen LogP contribution is 2.30. The molecule has 0 radical (unpaired) electrons. The standard InChI is InChI=1S/C14H14Br2N2O/c1-9-5-10(15)3-4-12(9)13(16)6-11-7-14(19-2)18-8-17-11/h3-5,7-8,13H,6H2,1-2H3. The molecule has 0 amide bonds. The number of aryl methyl sites for hydroxylation is 1. The highest BCUT2D eigenvalue weighted by atomic mass is 79.9. The van der Waals surface area contributed by atoms with Crippen LogP contribution in [0.25, 0.3) is 0 Å². The van der Waals surface area contributed by atoms with Crippen LogP contribution in [0.15, 0.2) is 35.1 Å². The Kier molecular flexibility index (Phi) is 4.93. The lowest BCUT2D eigenvalue weighted by Crippen LogP contribution is -2.01. The van der Waals surface area contributed by atoms with Crippen molar-refractivity contribution in [1.29, 1.82) is 0 Å². The SMILES string of the molecule is COc1cc(CC(Br)c2ccc(Br)cc2C)ncn1. The summed E-state index contributed by atoms with van der Waals surface area (Å²) in [6, 6.07) is 8.15. The van der Waals surface area contributed by atoms with Crippen molar-refractivity contribution in [3.63, 3.8) is 0 Å². The maximum Gasteiger partial charge on any atom is 0.216 e. The first-order valence-electron chi connectivity index (χ1n) is 5.85. The summed E-state index contributed by atoms with van der Waals surface area (Å²) in [6.07, 6.45) is 2.32. The van der Waals surface area contributed by atoms with Crippen molar-refractivity contribution in [1.82, 2.24) is 9.97 Å². The molecule has 0 bridgehead atoms. The Morgan fingerprint density at radius 3 is 2.74 bits per heavy atom. The van der Waals surface area contributed by atoms with Crippen LogP contribution in [0.3, 0.4) is 0 Å². The lowest BCUT2D eigenvalue weighted by atomic mass is 10.0. The van der Waals surface area contributed by atoms with E-state index >= 15 is 0 Å². The van der Waals surface area contributed by atoms with E-state index in [0.29, 0.717) is 5.88 Å². The van der Waals surface area contributed by atoms with Gasteiger partial charge in [-0.2, -0.15) is 0 Å². The first-order valence-corrected chi connectivity index (χ1v) is 7.56. The normalized spacial score (nSPS) is 12.2. The van der Waals surface area contributed by atoms with Crippen LogP contribution in [0.1, 0.15) is 21.6 Å². The number of hydrogen-bond acceptors (Lipinski definition) is 3. The Balaban J connectivity index is 2.17. The molecule has 3 nitrogen and oxygen atoms in total. The van der Waals surface area contributed by atoms with Gasteiger partial charge in [-0.3, -0.25) is 0 Å². The number of halogens is 2. The molecule has 0 aliphatic rings. The smallest absolute Gasteiger partial charge is 0.216 e. The van der Waals surface area contributed by atoms with Crippen molar-refractivity contribution in [2.24, 2.45) is 0 Å². The molecule has 0 saturated heterocycles. The molecule has 1 unspecified atom stereocenters. The monoisotopic (exact) mass is 384 g/mol. The summed E-state index contributed by atoms with van der Waals surface area (Å²) in [5.74, 6) is 0.595. The van der Waals surface area contributed by atoms with Crippen molar-refractivity contribution in [2.75, 3.05) is 7.11 Å². The van der Waals surface area contributed by atoms with Crippen molar-refractivity contribution >= 4 is 31.9 Å². The number of rotatable bonds is 4. The number of hydrogen-bond donors (Lipinski definition) is 0. The Morgan fingerprint density at radius 2 is 2.05 bits per heavy atom. The van der Waals surface area contributed by atoms with Gasteiger partial charge in [-0.25, -0.2) is 9.97 Å². The molecule has 100 valence electrons. The Labute approximate surface area is 129 Å². The van der Waals surface area contributed by atoms with E-state index in [1.807, 2.05) is 6.07 Å². The van der Waals surface area contributed by atoms with Gasteiger partial charge in [0.15, 0.2) is 0 Å². The molecule has 0 N–H and O–H groups in total. The summed E-state index contributed by atoms with van der Waals surface area (Å²) in [5.41, 5.74) is 3.47. The number of benzene rings is 1.